The van der Waals surface area contributed by atoms with Crippen LogP contribution in [0.4, 0.5) is 8.78 Å². The maximum atomic E-state index is 13.7. The smallest absolute Gasteiger partial charge is 0.343 e. The van der Waals surface area contributed by atoms with Crippen LogP contribution in [-0.4, -0.2) is 11.8 Å². The minimum absolute atomic E-state index is 0.127. The lowest BCUT2D eigenvalue weighted by atomic mass is 10.1. The van der Waals surface area contributed by atoms with Gasteiger partial charge in [0.2, 0.25) is 0 Å². The lowest BCUT2D eigenvalue weighted by Gasteiger charge is -2.05. The number of hydrogen-bond acceptors (Lipinski definition) is 3. The highest BCUT2D eigenvalue weighted by atomic mass is 35.5. The Morgan fingerprint density at radius 1 is 0.857 bits per heavy atom. The predicted octanol–water partition coefficient (Wildman–Crippen LogP) is 5.73. The average molecular weight is 399 g/mol. The molecule has 0 bridgehead atoms. The van der Waals surface area contributed by atoms with Crippen molar-refractivity contribution in [1.82, 2.24) is 0 Å². The molecule has 0 aromatic heterocycles. The molecule has 0 saturated carbocycles. The lowest BCUT2D eigenvalue weighted by molar-refractivity contribution is 0.0734. The molecule has 6 heteroatoms. The molecule has 0 N–H and O–H groups in total. The van der Waals surface area contributed by atoms with Crippen LogP contribution in [0.5, 0.6) is 5.75 Å². The zero-order valence-corrected chi connectivity index (χ0v) is 15.1. The van der Waals surface area contributed by atoms with Gasteiger partial charge in [-0.1, -0.05) is 17.7 Å². The van der Waals surface area contributed by atoms with E-state index >= 15 is 0 Å². The van der Waals surface area contributed by atoms with Gasteiger partial charge in [-0.15, -0.1) is 0 Å². The Labute approximate surface area is 164 Å². The third-order valence-electron chi connectivity index (χ3n) is 3.83. The van der Waals surface area contributed by atoms with Crippen molar-refractivity contribution in [2.45, 2.75) is 0 Å². The summed E-state index contributed by atoms with van der Waals surface area (Å²) in [5.74, 6) is -1.76. The second kappa shape index (κ2) is 8.59. The topological polar surface area (TPSA) is 43.4 Å². The van der Waals surface area contributed by atoms with Gasteiger partial charge in [0.25, 0.3) is 0 Å². The third-order valence-corrected chi connectivity index (χ3v) is 4.16. The highest BCUT2D eigenvalue weighted by Crippen LogP contribution is 2.21. The van der Waals surface area contributed by atoms with Crippen molar-refractivity contribution in [1.29, 1.82) is 0 Å². The van der Waals surface area contributed by atoms with Crippen molar-refractivity contribution in [3.63, 3.8) is 0 Å². The van der Waals surface area contributed by atoms with E-state index in [0.29, 0.717) is 5.56 Å². The molecule has 3 nitrogen and oxygen atoms in total. The average Bonchev–Trinajstić information content (AvgIpc) is 2.68. The number of benzene rings is 3. The summed E-state index contributed by atoms with van der Waals surface area (Å²) in [4.78, 5) is 24.2. The molecule has 0 spiro atoms. The van der Waals surface area contributed by atoms with E-state index in [1.807, 2.05) is 0 Å². The van der Waals surface area contributed by atoms with Crippen molar-refractivity contribution in [2.75, 3.05) is 0 Å². The minimum atomic E-state index is -0.645. The molecule has 140 valence electrons. The summed E-state index contributed by atoms with van der Waals surface area (Å²) in [7, 11) is 0. The fourth-order valence-corrected chi connectivity index (χ4v) is 2.59. The van der Waals surface area contributed by atoms with Gasteiger partial charge in [0.05, 0.1) is 10.6 Å². The molecule has 3 aromatic carbocycles. The van der Waals surface area contributed by atoms with E-state index in [0.717, 1.165) is 12.1 Å². The van der Waals surface area contributed by atoms with Crippen LogP contribution in [0.25, 0.3) is 6.08 Å². The molecule has 0 heterocycles. The normalized spacial score (nSPS) is 10.8. The van der Waals surface area contributed by atoms with Crippen molar-refractivity contribution in [3.05, 3.63) is 106 Å². The van der Waals surface area contributed by atoms with E-state index in [1.165, 1.54) is 66.7 Å². The van der Waals surface area contributed by atoms with E-state index in [4.69, 9.17) is 16.3 Å². The van der Waals surface area contributed by atoms with Gasteiger partial charge in [0.1, 0.15) is 17.4 Å². The number of hydrogen-bond donors (Lipinski definition) is 0. The summed E-state index contributed by atoms with van der Waals surface area (Å²) in [6, 6.07) is 15.1. The predicted molar refractivity (Wildman–Crippen MR) is 103 cm³/mol. The van der Waals surface area contributed by atoms with E-state index in [2.05, 4.69) is 0 Å². The second-order valence-electron chi connectivity index (χ2n) is 5.75. The Kier molecular flexibility index (Phi) is 5.96. The zero-order chi connectivity index (χ0) is 20.1. The molecule has 0 unspecified atom stereocenters. The largest absolute Gasteiger partial charge is 0.423 e. The van der Waals surface area contributed by atoms with Gasteiger partial charge in [0.15, 0.2) is 5.78 Å². The van der Waals surface area contributed by atoms with Gasteiger partial charge >= 0.3 is 5.97 Å². The first-order valence-corrected chi connectivity index (χ1v) is 8.56. The summed E-state index contributed by atoms with van der Waals surface area (Å²) in [6.07, 6.45) is 2.52. The van der Waals surface area contributed by atoms with Crippen molar-refractivity contribution >= 4 is 29.4 Å². The number of rotatable bonds is 5. The van der Waals surface area contributed by atoms with Gasteiger partial charge in [-0.25, -0.2) is 13.6 Å². The maximum Gasteiger partial charge on any atom is 0.343 e. The van der Waals surface area contributed by atoms with E-state index in [9.17, 15) is 18.4 Å². The first-order chi connectivity index (χ1) is 13.4. The third kappa shape index (κ3) is 4.69. The SMILES string of the molecule is O=C(C=Cc1c(F)cccc1Cl)c1ccc(OC(=O)c2ccc(F)cc2)cc1. The summed E-state index contributed by atoms with van der Waals surface area (Å²) >= 11 is 5.92. The molecule has 0 aliphatic carbocycles. The molecule has 0 aliphatic rings. The number of halogens is 3. The summed E-state index contributed by atoms with van der Waals surface area (Å²) in [6.45, 7) is 0. The van der Waals surface area contributed by atoms with Crippen molar-refractivity contribution in [2.24, 2.45) is 0 Å². The van der Waals surface area contributed by atoms with E-state index in [-0.39, 0.29) is 27.7 Å². The summed E-state index contributed by atoms with van der Waals surface area (Å²) < 4.78 is 31.8. The van der Waals surface area contributed by atoms with Crippen LogP contribution in [0.1, 0.15) is 26.3 Å². The van der Waals surface area contributed by atoms with Gasteiger partial charge in [0, 0.05) is 11.1 Å². The Balaban J connectivity index is 1.68. The number of esters is 1. The molecule has 0 aliphatic heterocycles. The maximum absolute atomic E-state index is 13.7. The van der Waals surface area contributed by atoms with Crippen LogP contribution in [-0.2, 0) is 0 Å². The quantitative estimate of drug-likeness (QED) is 0.238. The molecule has 3 aromatic rings. The van der Waals surface area contributed by atoms with Crippen molar-refractivity contribution < 1.29 is 23.1 Å². The van der Waals surface area contributed by atoms with Crippen molar-refractivity contribution in [3.8, 4) is 5.75 Å². The fraction of sp³-hybridized carbons (Fsp3) is 0. The molecule has 0 saturated heterocycles. The Morgan fingerprint density at radius 2 is 1.50 bits per heavy atom. The molecule has 0 amide bonds. The number of ketones is 1. The fourth-order valence-electron chi connectivity index (χ4n) is 2.36. The van der Waals surface area contributed by atoms with Gasteiger partial charge in [-0.05, 0) is 72.8 Å². The van der Waals surface area contributed by atoms with Crippen LogP contribution < -0.4 is 4.74 Å². The highest BCUT2D eigenvalue weighted by molar-refractivity contribution is 6.32. The molecule has 0 radical (unpaired) electrons. The summed E-state index contributed by atoms with van der Waals surface area (Å²) in [5.41, 5.74) is 0.652. The molecule has 0 atom stereocenters. The standard InChI is InChI=1S/C22H13ClF2O3/c23-19-2-1-3-20(25)18(19)12-13-21(26)14-6-10-17(11-7-14)28-22(27)15-4-8-16(24)9-5-15/h1-13H. The second-order valence-corrected chi connectivity index (χ2v) is 6.16. The molecular formula is C22H13ClF2O3. The van der Waals surface area contributed by atoms with Gasteiger partial charge in [-0.2, -0.15) is 0 Å². The van der Waals surface area contributed by atoms with Crippen LogP contribution in [0, 0.1) is 11.6 Å². The molecule has 0 fully saturated rings. The Bertz CT molecular complexity index is 1020. The van der Waals surface area contributed by atoms with Gasteiger partial charge < -0.3 is 4.74 Å². The number of carbonyl (C=O) groups excluding carboxylic acids is 2. The first-order valence-electron chi connectivity index (χ1n) is 8.18. The molecular weight excluding hydrogens is 386 g/mol. The first kappa shape index (κ1) is 19.5. The number of carbonyl (C=O) groups is 2. The number of allylic oxidation sites excluding steroid dienone is 1. The summed E-state index contributed by atoms with van der Waals surface area (Å²) in [5, 5.41) is 0.201. The lowest BCUT2D eigenvalue weighted by Crippen LogP contribution is -2.08. The number of ether oxygens (including phenoxy) is 1. The van der Waals surface area contributed by atoms with Gasteiger partial charge in [-0.3, -0.25) is 4.79 Å². The monoisotopic (exact) mass is 398 g/mol. The molecule has 3 rings (SSSR count). The minimum Gasteiger partial charge on any atom is -0.423 e. The van der Waals surface area contributed by atoms with E-state index in [1.54, 1.807) is 0 Å². The van der Waals surface area contributed by atoms with Crippen LogP contribution in [0.15, 0.2) is 72.8 Å². The zero-order valence-electron chi connectivity index (χ0n) is 14.4. The van der Waals surface area contributed by atoms with E-state index < -0.39 is 17.6 Å². The van der Waals surface area contributed by atoms with Crippen LogP contribution in [0.3, 0.4) is 0 Å². The Morgan fingerprint density at radius 3 is 2.14 bits per heavy atom. The highest BCUT2D eigenvalue weighted by Gasteiger charge is 2.10. The van der Waals surface area contributed by atoms with Crippen LogP contribution >= 0.6 is 11.6 Å². The Hall–Kier alpha value is -3.31. The molecule has 28 heavy (non-hydrogen) atoms. The van der Waals surface area contributed by atoms with Crippen LogP contribution in [0.2, 0.25) is 5.02 Å².